The molecule has 9 heteroatoms. The normalized spacial score (nSPS) is 11.1. The van der Waals surface area contributed by atoms with Gasteiger partial charge >= 0.3 is 0 Å². The molecule has 1 heterocycles. The number of aliphatic hydroxyl groups is 1. The largest absolute Gasteiger partial charge is 0.493 e. The molecule has 2 N–H and O–H groups in total. The van der Waals surface area contributed by atoms with Gasteiger partial charge < -0.3 is 24.3 Å². The Bertz CT molecular complexity index is 665. The number of ether oxygens (including phenoxy) is 2. The smallest absolute Gasteiger partial charge is 0.251 e. The van der Waals surface area contributed by atoms with Gasteiger partial charge in [-0.1, -0.05) is 0 Å². The van der Waals surface area contributed by atoms with Gasteiger partial charge in [0.2, 0.25) is 0 Å². The lowest BCUT2D eigenvalue weighted by molar-refractivity contribution is 0.0900. The molecule has 0 aliphatic carbocycles. The van der Waals surface area contributed by atoms with E-state index in [0.29, 0.717) is 27.5 Å². The van der Waals surface area contributed by atoms with Gasteiger partial charge in [-0.15, -0.1) is 23.3 Å². The number of hydrogen-bond donors (Lipinski definition) is 4. The van der Waals surface area contributed by atoms with Crippen LogP contribution < -0.4 is 14.8 Å². The van der Waals surface area contributed by atoms with Gasteiger partial charge in [-0.05, 0) is 46.3 Å². The third kappa shape index (κ3) is 5.66. The number of carbonyl (C=O) groups excluding carboxylic acids is 1. The average molecular weight is 436 g/mol. The third-order valence-electron chi connectivity index (χ3n) is 3.02. The molecular weight excluding hydrogens is 418 g/mol. The van der Waals surface area contributed by atoms with Crippen LogP contribution in [0.3, 0.4) is 0 Å². The van der Waals surface area contributed by atoms with Crippen molar-refractivity contribution in [2.24, 2.45) is 0 Å². The monoisotopic (exact) mass is 435 g/mol. The summed E-state index contributed by atoms with van der Waals surface area (Å²) >= 11 is 9.60. The Balaban J connectivity index is 0.00000139. The van der Waals surface area contributed by atoms with Crippen LogP contribution in [0.15, 0.2) is 39.4 Å². The highest BCUT2D eigenvalue weighted by Gasteiger charge is 2.15. The molecule has 1 aromatic heterocycles. The Morgan fingerprint density at radius 3 is 2.46 bits per heavy atom. The molecule has 2 aromatic rings. The number of rotatable bonds is 6. The predicted molar refractivity (Wildman–Crippen MR) is 101 cm³/mol. The number of furan rings is 1. The van der Waals surface area contributed by atoms with Crippen molar-refractivity contribution in [3.63, 3.8) is 0 Å². The summed E-state index contributed by atoms with van der Waals surface area (Å²) < 4.78 is 16.0. The second-order valence-corrected chi connectivity index (χ2v) is 5.22. The van der Waals surface area contributed by atoms with Crippen LogP contribution in [0.5, 0.6) is 11.5 Å². The topological polar surface area (TPSA) is 80.9 Å². The van der Waals surface area contributed by atoms with E-state index in [9.17, 15) is 9.90 Å². The molecule has 1 amide bonds. The van der Waals surface area contributed by atoms with E-state index in [2.05, 4.69) is 44.6 Å². The zero-order valence-electron chi connectivity index (χ0n) is 13.0. The Labute approximate surface area is 158 Å². The van der Waals surface area contributed by atoms with E-state index in [1.807, 2.05) is 0 Å². The van der Waals surface area contributed by atoms with Gasteiger partial charge in [-0.2, -0.15) is 0 Å². The molecule has 0 aliphatic rings. The maximum atomic E-state index is 12.1. The molecule has 0 aliphatic heterocycles. The van der Waals surface area contributed by atoms with Crippen molar-refractivity contribution in [1.29, 1.82) is 0 Å². The molecule has 0 saturated heterocycles. The predicted octanol–water partition coefficient (Wildman–Crippen LogP) is 3.28. The molecule has 1 atom stereocenters. The number of thiol groups is 2. The highest BCUT2D eigenvalue weighted by Crippen LogP contribution is 2.27. The first-order chi connectivity index (χ1) is 11.5. The molecule has 0 bridgehead atoms. The van der Waals surface area contributed by atoms with Crippen molar-refractivity contribution in [2.45, 2.75) is 6.10 Å². The van der Waals surface area contributed by atoms with E-state index in [1.54, 1.807) is 30.3 Å². The van der Waals surface area contributed by atoms with E-state index in [4.69, 9.17) is 13.9 Å². The van der Waals surface area contributed by atoms with E-state index in [1.165, 1.54) is 14.2 Å². The molecule has 24 heavy (non-hydrogen) atoms. The summed E-state index contributed by atoms with van der Waals surface area (Å²) in [6.07, 6.45) is -0.921. The highest BCUT2D eigenvalue weighted by molar-refractivity contribution is 9.10. The van der Waals surface area contributed by atoms with E-state index in [0.717, 1.165) is 0 Å². The van der Waals surface area contributed by atoms with Gasteiger partial charge in [0.15, 0.2) is 16.2 Å². The average Bonchev–Trinajstić information content (AvgIpc) is 3.06. The second kappa shape index (κ2) is 10.5. The SMILES string of the molecule is COc1ccc(C(=O)NCC(O)c2ccc(Br)o2)cc1OC.SS. The number of amides is 1. The number of aliphatic hydroxyl groups excluding tert-OH is 1. The quantitative estimate of drug-likeness (QED) is 0.413. The molecule has 2 rings (SSSR count). The molecule has 0 spiro atoms. The number of carbonyl (C=O) groups is 1. The Hall–Kier alpha value is -1.29. The fourth-order valence-corrected chi connectivity index (χ4v) is 2.20. The van der Waals surface area contributed by atoms with Crippen molar-refractivity contribution in [3.8, 4) is 11.5 Å². The van der Waals surface area contributed by atoms with Crippen LogP contribution in [0.1, 0.15) is 22.2 Å². The van der Waals surface area contributed by atoms with E-state index in [-0.39, 0.29) is 12.5 Å². The zero-order valence-corrected chi connectivity index (χ0v) is 16.4. The molecule has 132 valence electrons. The van der Waals surface area contributed by atoms with Gasteiger partial charge in [0.05, 0.1) is 20.8 Å². The van der Waals surface area contributed by atoms with Crippen molar-refractivity contribution in [3.05, 3.63) is 46.3 Å². The third-order valence-corrected chi connectivity index (χ3v) is 3.45. The summed E-state index contributed by atoms with van der Waals surface area (Å²) in [6.45, 7) is 0.0349. The lowest BCUT2D eigenvalue weighted by Gasteiger charge is -2.11. The van der Waals surface area contributed by atoms with Gasteiger partial charge in [0, 0.05) is 5.56 Å². The molecular formula is C15H18BrNO5S2. The van der Waals surface area contributed by atoms with Gasteiger partial charge in [0.1, 0.15) is 11.9 Å². The summed E-state index contributed by atoms with van der Waals surface area (Å²) in [5, 5.41) is 12.6. The number of hydrogen-bond acceptors (Lipinski definition) is 7. The fourth-order valence-electron chi connectivity index (χ4n) is 1.88. The van der Waals surface area contributed by atoms with Crippen molar-refractivity contribution < 1.29 is 23.8 Å². The van der Waals surface area contributed by atoms with E-state index >= 15 is 0 Å². The van der Waals surface area contributed by atoms with Crippen molar-refractivity contribution in [1.82, 2.24) is 5.32 Å². The zero-order chi connectivity index (χ0) is 18.1. The van der Waals surface area contributed by atoms with Crippen LogP contribution in [0.2, 0.25) is 0 Å². The lowest BCUT2D eigenvalue weighted by atomic mass is 10.2. The Morgan fingerprint density at radius 2 is 1.92 bits per heavy atom. The first kappa shape index (κ1) is 20.8. The minimum Gasteiger partial charge on any atom is -0.493 e. The molecule has 0 radical (unpaired) electrons. The minimum absolute atomic E-state index is 0.0349. The van der Waals surface area contributed by atoms with Gasteiger partial charge in [-0.3, -0.25) is 4.79 Å². The number of nitrogens with one attached hydrogen (secondary N) is 1. The van der Waals surface area contributed by atoms with Crippen LogP contribution in [0.4, 0.5) is 0 Å². The molecule has 0 saturated carbocycles. The van der Waals surface area contributed by atoms with Crippen molar-refractivity contribution in [2.75, 3.05) is 20.8 Å². The molecule has 1 unspecified atom stereocenters. The Morgan fingerprint density at radius 1 is 1.25 bits per heavy atom. The van der Waals surface area contributed by atoms with Gasteiger partial charge in [-0.25, -0.2) is 0 Å². The number of halogens is 1. The van der Waals surface area contributed by atoms with Crippen LogP contribution in [0.25, 0.3) is 0 Å². The van der Waals surface area contributed by atoms with Crippen molar-refractivity contribution >= 4 is 45.2 Å². The number of methoxy groups -OCH3 is 2. The summed E-state index contributed by atoms with van der Waals surface area (Å²) in [5.41, 5.74) is 0.408. The molecule has 1 aromatic carbocycles. The summed E-state index contributed by atoms with van der Waals surface area (Å²) in [5.74, 6) is 1.05. The van der Waals surface area contributed by atoms with Crippen LogP contribution >= 0.6 is 39.3 Å². The summed E-state index contributed by atoms with van der Waals surface area (Å²) in [7, 11) is 3.02. The minimum atomic E-state index is -0.921. The second-order valence-electron chi connectivity index (χ2n) is 4.44. The van der Waals surface area contributed by atoms with E-state index < -0.39 is 6.10 Å². The van der Waals surface area contributed by atoms with Crippen LogP contribution in [0, 0.1) is 0 Å². The maximum absolute atomic E-state index is 12.1. The Kier molecular flexibility index (Phi) is 9.12. The molecule has 0 fully saturated rings. The lowest BCUT2D eigenvalue weighted by Crippen LogP contribution is -2.28. The summed E-state index contributed by atoms with van der Waals surface area (Å²) in [4.78, 5) is 12.1. The summed E-state index contributed by atoms with van der Waals surface area (Å²) in [6, 6.07) is 8.15. The number of benzene rings is 1. The van der Waals surface area contributed by atoms with Gasteiger partial charge in [0.25, 0.3) is 5.91 Å². The highest BCUT2D eigenvalue weighted by atomic mass is 79.9. The van der Waals surface area contributed by atoms with Crippen LogP contribution in [-0.4, -0.2) is 31.8 Å². The first-order valence-corrected chi connectivity index (χ1v) is 9.08. The maximum Gasteiger partial charge on any atom is 0.251 e. The van der Waals surface area contributed by atoms with Crippen LogP contribution in [-0.2, 0) is 0 Å². The first-order valence-electron chi connectivity index (χ1n) is 6.68. The standard InChI is InChI=1S/C15H16BrNO5.H2S2/c1-20-12-4-3-9(7-13(12)21-2)15(19)17-8-10(18)11-5-6-14(16)22-11;1-2/h3-7,10,18H,8H2,1-2H3,(H,17,19);1-2H. The molecule has 6 nitrogen and oxygen atoms in total. The fraction of sp³-hybridized carbons (Fsp3) is 0.267.